The van der Waals surface area contributed by atoms with E-state index in [1.54, 1.807) is 0 Å². The third-order valence-electron chi connectivity index (χ3n) is 1.88. The lowest BCUT2D eigenvalue weighted by Crippen LogP contribution is -1.89. The third-order valence-corrected chi connectivity index (χ3v) is 1.88. The molecule has 0 aliphatic heterocycles. The van der Waals surface area contributed by atoms with Gasteiger partial charge in [-0.05, 0) is 0 Å². The molecule has 0 saturated carbocycles. The summed E-state index contributed by atoms with van der Waals surface area (Å²) < 4.78 is 0. The Kier molecular flexibility index (Phi) is 2.20. The number of hydrogen-bond donors (Lipinski definition) is 0. The summed E-state index contributed by atoms with van der Waals surface area (Å²) in [6.07, 6.45) is 2.97. The van der Waals surface area contributed by atoms with E-state index in [2.05, 4.69) is 16.0 Å². The summed E-state index contributed by atoms with van der Waals surface area (Å²) in [5.74, 6) is 0. The van der Waals surface area contributed by atoms with Crippen LogP contribution < -0.4 is 0 Å². The smallest absolute Gasteiger partial charge is 0.116 e. The minimum absolute atomic E-state index is 0.499. The van der Waals surface area contributed by atoms with E-state index in [9.17, 15) is 0 Å². The Morgan fingerprint density at radius 3 is 2.64 bits per heavy atom. The molecule has 14 heavy (non-hydrogen) atoms. The SMILES string of the molecule is N#Cc1cncnc1-c1ccccc1. The van der Waals surface area contributed by atoms with Gasteiger partial charge < -0.3 is 0 Å². The third kappa shape index (κ3) is 1.46. The first kappa shape index (κ1) is 8.39. The van der Waals surface area contributed by atoms with Crippen molar-refractivity contribution in [3.05, 3.63) is 48.4 Å². The van der Waals surface area contributed by atoms with Crippen LogP contribution in [0.25, 0.3) is 11.3 Å². The summed E-state index contributed by atoms with van der Waals surface area (Å²) in [6.45, 7) is 0. The molecule has 0 bridgehead atoms. The van der Waals surface area contributed by atoms with E-state index < -0.39 is 0 Å². The van der Waals surface area contributed by atoms with Crippen molar-refractivity contribution in [2.45, 2.75) is 0 Å². The van der Waals surface area contributed by atoms with Crippen molar-refractivity contribution in [2.75, 3.05) is 0 Å². The van der Waals surface area contributed by atoms with Crippen molar-refractivity contribution in [3.63, 3.8) is 0 Å². The lowest BCUT2D eigenvalue weighted by Gasteiger charge is -2.00. The fraction of sp³-hybridized carbons (Fsp3) is 0. The highest BCUT2D eigenvalue weighted by molar-refractivity contribution is 5.65. The lowest BCUT2D eigenvalue weighted by molar-refractivity contribution is 1.16. The van der Waals surface area contributed by atoms with Crippen LogP contribution in [0.15, 0.2) is 42.9 Å². The predicted octanol–water partition coefficient (Wildman–Crippen LogP) is 2.02. The van der Waals surface area contributed by atoms with E-state index in [-0.39, 0.29) is 0 Å². The molecule has 0 N–H and O–H groups in total. The molecule has 2 aromatic rings. The molecule has 0 amide bonds. The number of benzene rings is 1. The molecule has 0 aliphatic rings. The van der Waals surface area contributed by atoms with E-state index in [0.29, 0.717) is 11.3 Å². The predicted molar refractivity (Wildman–Crippen MR) is 52.2 cm³/mol. The molecule has 0 unspecified atom stereocenters. The zero-order chi connectivity index (χ0) is 9.80. The van der Waals surface area contributed by atoms with Crippen molar-refractivity contribution < 1.29 is 0 Å². The van der Waals surface area contributed by atoms with Crippen molar-refractivity contribution in [1.82, 2.24) is 9.97 Å². The van der Waals surface area contributed by atoms with Crippen LogP contribution in [0.1, 0.15) is 5.56 Å². The first-order chi connectivity index (χ1) is 6.92. The molecule has 0 fully saturated rings. The van der Waals surface area contributed by atoms with Gasteiger partial charge >= 0.3 is 0 Å². The van der Waals surface area contributed by atoms with Gasteiger partial charge in [0.2, 0.25) is 0 Å². The van der Waals surface area contributed by atoms with Gasteiger partial charge in [-0.3, -0.25) is 0 Å². The minimum Gasteiger partial charge on any atom is -0.243 e. The first-order valence-corrected chi connectivity index (χ1v) is 4.17. The monoisotopic (exact) mass is 181 g/mol. The zero-order valence-electron chi connectivity index (χ0n) is 7.38. The average molecular weight is 181 g/mol. The van der Waals surface area contributed by atoms with Gasteiger partial charge in [-0.15, -0.1) is 0 Å². The second-order valence-corrected chi connectivity index (χ2v) is 2.76. The highest BCUT2D eigenvalue weighted by atomic mass is 14.8. The molecule has 3 heteroatoms. The van der Waals surface area contributed by atoms with Crippen molar-refractivity contribution >= 4 is 0 Å². The Hall–Kier alpha value is -2.21. The van der Waals surface area contributed by atoms with Crippen LogP contribution >= 0.6 is 0 Å². The van der Waals surface area contributed by atoms with E-state index >= 15 is 0 Å². The molecular weight excluding hydrogens is 174 g/mol. The number of nitrogens with zero attached hydrogens (tertiary/aromatic N) is 3. The Bertz CT molecular complexity index is 471. The fourth-order valence-electron chi connectivity index (χ4n) is 1.24. The summed E-state index contributed by atoms with van der Waals surface area (Å²) in [6, 6.07) is 11.7. The Morgan fingerprint density at radius 1 is 1.14 bits per heavy atom. The number of nitriles is 1. The molecule has 0 atom stereocenters. The molecule has 0 spiro atoms. The summed E-state index contributed by atoms with van der Waals surface area (Å²) in [7, 11) is 0. The van der Waals surface area contributed by atoms with Crippen LogP contribution in [-0.2, 0) is 0 Å². The van der Waals surface area contributed by atoms with Gasteiger partial charge in [-0.1, -0.05) is 30.3 Å². The molecule has 1 aromatic heterocycles. The average Bonchev–Trinajstić information content (AvgIpc) is 2.30. The minimum atomic E-state index is 0.499. The molecule has 3 nitrogen and oxygen atoms in total. The molecule has 2 rings (SSSR count). The fourth-order valence-corrected chi connectivity index (χ4v) is 1.24. The van der Waals surface area contributed by atoms with Crippen LogP contribution in [0.4, 0.5) is 0 Å². The van der Waals surface area contributed by atoms with Crippen LogP contribution in [0.5, 0.6) is 0 Å². The topological polar surface area (TPSA) is 49.6 Å². The number of hydrogen-bond acceptors (Lipinski definition) is 3. The van der Waals surface area contributed by atoms with Gasteiger partial charge in [0.1, 0.15) is 12.4 Å². The molecule has 0 radical (unpaired) electrons. The van der Waals surface area contributed by atoms with E-state index in [1.165, 1.54) is 12.5 Å². The van der Waals surface area contributed by atoms with Gasteiger partial charge in [0.05, 0.1) is 11.3 Å². The molecular formula is C11H7N3. The maximum atomic E-state index is 8.85. The molecule has 0 aliphatic carbocycles. The van der Waals surface area contributed by atoms with Crippen molar-refractivity contribution in [2.24, 2.45) is 0 Å². The van der Waals surface area contributed by atoms with Crippen LogP contribution in [-0.4, -0.2) is 9.97 Å². The van der Waals surface area contributed by atoms with Gasteiger partial charge in [-0.2, -0.15) is 5.26 Å². The van der Waals surface area contributed by atoms with Crippen LogP contribution in [0, 0.1) is 11.3 Å². The van der Waals surface area contributed by atoms with E-state index in [0.717, 1.165) is 5.56 Å². The van der Waals surface area contributed by atoms with Gasteiger partial charge in [0.25, 0.3) is 0 Å². The number of aromatic nitrogens is 2. The quantitative estimate of drug-likeness (QED) is 0.676. The zero-order valence-corrected chi connectivity index (χ0v) is 7.38. The number of rotatable bonds is 1. The van der Waals surface area contributed by atoms with E-state index in [1.807, 2.05) is 30.3 Å². The summed E-state index contributed by atoms with van der Waals surface area (Å²) in [5.41, 5.74) is 2.12. The molecule has 66 valence electrons. The molecule has 1 aromatic carbocycles. The summed E-state index contributed by atoms with van der Waals surface area (Å²) >= 11 is 0. The normalized spacial score (nSPS) is 9.36. The van der Waals surface area contributed by atoms with Gasteiger partial charge in [0.15, 0.2) is 0 Å². The maximum absolute atomic E-state index is 8.85. The van der Waals surface area contributed by atoms with Gasteiger partial charge in [0, 0.05) is 11.8 Å². The van der Waals surface area contributed by atoms with E-state index in [4.69, 9.17) is 5.26 Å². The summed E-state index contributed by atoms with van der Waals surface area (Å²) in [5, 5.41) is 8.85. The lowest BCUT2D eigenvalue weighted by atomic mass is 10.1. The molecule has 0 saturated heterocycles. The van der Waals surface area contributed by atoms with Crippen molar-refractivity contribution in [3.8, 4) is 17.3 Å². The Balaban J connectivity index is 2.58. The maximum Gasteiger partial charge on any atom is 0.116 e. The highest BCUT2D eigenvalue weighted by Gasteiger charge is 2.04. The van der Waals surface area contributed by atoms with Crippen molar-refractivity contribution in [1.29, 1.82) is 5.26 Å². The second-order valence-electron chi connectivity index (χ2n) is 2.76. The van der Waals surface area contributed by atoms with Crippen LogP contribution in [0.3, 0.4) is 0 Å². The highest BCUT2D eigenvalue weighted by Crippen LogP contribution is 2.18. The first-order valence-electron chi connectivity index (χ1n) is 4.17. The summed E-state index contributed by atoms with van der Waals surface area (Å²) in [4.78, 5) is 7.89. The molecule has 1 heterocycles. The standard InChI is InChI=1S/C11H7N3/c12-6-10-7-13-8-14-11(10)9-4-2-1-3-5-9/h1-5,7-8H. The largest absolute Gasteiger partial charge is 0.243 e. The Morgan fingerprint density at radius 2 is 1.93 bits per heavy atom. The Labute approximate surface area is 81.7 Å². The van der Waals surface area contributed by atoms with Gasteiger partial charge in [-0.25, -0.2) is 9.97 Å². The van der Waals surface area contributed by atoms with Crippen LogP contribution in [0.2, 0.25) is 0 Å². The second kappa shape index (κ2) is 3.67.